The van der Waals surface area contributed by atoms with Gasteiger partial charge in [0.2, 0.25) is 0 Å². The summed E-state index contributed by atoms with van der Waals surface area (Å²) in [6, 6.07) is 4.24. The Morgan fingerprint density at radius 1 is 1.67 bits per heavy atom. The molecule has 1 aliphatic rings. The van der Waals surface area contributed by atoms with E-state index in [4.69, 9.17) is 5.73 Å². The molecule has 0 spiro atoms. The number of hydrogen-bond donors (Lipinski definition) is 2. The summed E-state index contributed by atoms with van der Waals surface area (Å²) in [7, 11) is 1.61. The van der Waals surface area contributed by atoms with Gasteiger partial charge in [0.1, 0.15) is 5.69 Å². The van der Waals surface area contributed by atoms with Gasteiger partial charge in [0.15, 0.2) is 0 Å². The van der Waals surface area contributed by atoms with E-state index < -0.39 is 0 Å². The van der Waals surface area contributed by atoms with Crippen LogP contribution in [0.15, 0.2) is 18.3 Å². The van der Waals surface area contributed by atoms with Crippen molar-refractivity contribution in [2.75, 3.05) is 25.0 Å². The maximum atomic E-state index is 11.6. The zero-order valence-corrected chi connectivity index (χ0v) is 10.9. The van der Waals surface area contributed by atoms with E-state index in [1.165, 1.54) is 0 Å². The summed E-state index contributed by atoms with van der Waals surface area (Å²) in [5, 5.41) is 2.59. The van der Waals surface area contributed by atoms with Gasteiger partial charge in [-0.15, -0.1) is 0 Å². The van der Waals surface area contributed by atoms with Crippen molar-refractivity contribution in [3.05, 3.63) is 24.0 Å². The molecule has 1 fully saturated rings. The van der Waals surface area contributed by atoms with Crippen molar-refractivity contribution < 1.29 is 4.79 Å². The number of rotatable bonds is 3. The highest BCUT2D eigenvalue weighted by molar-refractivity contribution is 5.92. The van der Waals surface area contributed by atoms with Crippen LogP contribution in [-0.2, 0) is 0 Å². The third-order valence-electron chi connectivity index (χ3n) is 3.53. The molecule has 0 bridgehead atoms. The monoisotopic (exact) mass is 248 g/mol. The van der Waals surface area contributed by atoms with Gasteiger partial charge in [-0.05, 0) is 37.9 Å². The first-order valence-electron chi connectivity index (χ1n) is 6.30. The van der Waals surface area contributed by atoms with Gasteiger partial charge < -0.3 is 16.0 Å². The zero-order valence-electron chi connectivity index (χ0n) is 10.9. The first-order valence-corrected chi connectivity index (χ1v) is 6.30. The molecular formula is C13H20N4O. The molecule has 0 radical (unpaired) electrons. The average Bonchev–Trinajstić information content (AvgIpc) is 2.79. The van der Waals surface area contributed by atoms with E-state index >= 15 is 0 Å². The van der Waals surface area contributed by atoms with Crippen molar-refractivity contribution in [2.45, 2.75) is 19.4 Å². The van der Waals surface area contributed by atoms with Gasteiger partial charge in [0.25, 0.3) is 5.91 Å². The summed E-state index contributed by atoms with van der Waals surface area (Å²) < 4.78 is 0. The Bertz CT molecular complexity index is 435. The van der Waals surface area contributed by atoms with Crippen molar-refractivity contribution in [1.82, 2.24) is 10.3 Å². The van der Waals surface area contributed by atoms with E-state index in [2.05, 4.69) is 22.1 Å². The normalized spacial score (nSPS) is 23.2. The molecule has 2 rings (SSSR count). The topological polar surface area (TPSA) is 71.2 Å². The maximum Gasteiger partial charge on any atom is 0.269 e. The van der Waals surface area contributed by atoms with Crippen LogP contribution in [0.2, 0.25) is 0 Å². The van der Waals surface area contributed by atoms with Crippen LogP contribution in [0.25, 0.3) is 0 Å². The first-order chi connectivity index (χ1) is 8.65. The van der Waals surface area contributed by atoms with Crippen LogP contribution in [0.3, 0.4) is 0 Å². The summed E-state index contributed by atoms with van der Waals surface area (Å²) in [5.74, 6) is 0.385. The van der Waals surface area contributed by atoms with Crippen molar-refractivity contribution in [3.8, 4) is 0 Å². The Morgan fingerprint density at radius 2 is 2.44 bits per heavy atom. The van der Waals surface area contributed by atoms with Gasteiger partial charge in [0, 0.05) is 31.5 Å². The molecule has 2 atom stereocenters. The molecule has 2 unspecified atom stereocenters. The number of carbonyl (C=O) groups excluding carboxylic acids is 1. The highest BCUT2D eigenvalue weighted by atomic mass is 16.1. The van der Waals surface area contributed by atoms with Crippen molar-refractivity contribution in [2.24, 2.45) is 11.7 Å². The summed E-state index contributed by atoms with van der Waals surface area (Å²) in [5.41, 5.74) is 7.24. The molecular weight excluding hydrogens is 228 g/mol. The fourth-order valence-corrected chi connectivity index (χ4v) is 2.52. The molecule has 1 saturated heterocycles. The molecule has 1 aromatic rings. The lowest BCUT2D eigenvalue weighted by molar-refractivity contribution is 0.0958. The van der Waals surface area contributed by atoms with Crippen molar-refractivity contribution >= 4 is 11.6 Å². The second-order valence-corrected chi connectivity index (χ2v) is 4.82. The molecule has 3 N–H and O–H groups in total. The van der Waals surface area contributed by atoms with Crippen molar-refractivity contribution in [3.63, 3.8) is 0 Å². The van der Waals surface area contributed by atoms with Gasteiger partial charge in [0.05, 0.1) is 0 Å². The Labute approximate surface area is 107 Å². The van der Waals surface area contributed by atoms with E-state index in [9.17, 15) is 4.79 Å². The molecule has 0 saturated carbocycles. The minimum atomic E-state index is -0.154. The SMILES string of the molecule is CNC(=O)c1cc(N2CC(CN)CC2C)ccn1. The fraction of sp³-hybridized carbons (Fsp3) is 0.538. The van der Waals surface area contributed by atoms with Gasteiger partial charge in [-0.2, -0.15) is 0 Å². The highest BCUT2D eigenvalue weighted by Gasteiger charge is 2.28. The Morgan fingerprint density at radius 3 is 3.06 bits per heavy atom. The van der Waals surface area contributed by atoms with E-state index in [0.717, 1.165) is 18.7 Å². The van der Waals surface area contributed by atoms with Crippen LogP contribution in [0.4, 0.5) is 5.69 Å². The number of amides is 1. The standard InChI is InChI=1S/C13H20N4O/c1-9-5-10(7-14)8-17(9)11-3-4-16-12(6-11)13(18)15-2/h3-4,6,9-10H,5,7-8,14H2,1-2H3,(H,15,18). The van der Waals surface area contributed by atoms with Crippen LogP contribution in [0.1, 0.15) is 23.8 Å². The summed E-state index contributed by atoms with van der Waals surface area (Å²) in [6.07, 6.45) is 2.79. The highest BCUT2D eigenvalue weighted by Crippen LogP contribution is 2.28. The number of hydrogen-bond acceptors (Lipinski definition) is 4. The third kappa shape index (κ3) is 2.46. The first kappa shape index (κ1) is 12.8. The van der Waals surface area contributed by atoms with E-state index in [1.807, 2.05) is 12.1 Å². The molecule has 18 heavy (non-hydrogen) atoms. The molecule has 0 aromatic carbocycles. The second kappa shape index (κ2) is 5.35. The maximum absolute atomic E-state index is 11.6. The molecule has 1 aliphatic heterocycles. The number of aromatic nitrogens is 1. The molecule has 5 nitrogen and oxygen atoms in total. The number of nitrogens with one attached hydrogen (secondary N) is 1. The number of nitrogens with two attached hydrogens (primary N) is 1. The number of pyridine rings is 1. The van der Waals surface area contributed by atoms with Crippen LogP contribution in [-0.4, -0.2) is 37.1 Å². The smallest absolute Gasteiger partial charge is 0.269 e. The molecule has 1 aromatic heterocycles. The lowest BCUT2D eigenvalue weighted by atomic mass is 10.1. The van der Waals surface area contributed by atoms with E-state index in [-0.39, 0.29) is 5.91 Å². The van der Waals surface area contributed by atoms with Gasteiger partial charge in [-0.3, -0.25) is 9.78 Å². The number of nitrogens with zero attached hydrogens (tertiary/aromatic N) is 2. The van der Waals surface area contributed by atoms with Gasteiger partial charge in [-0.25, -0.2) is 0 Å². The lowest BCUT2D eigenvalue weighted by Gasteiger charge is -2.24. The Hall–Kier alpha value is -1.62. The summed E-state index contributed by atoms with van der Waals surface area (Å²) in [4.78, 5) is 18.0. The molecule has 0 aliphatic carbocycles. The predicted molar refractivity (Wildman–Crippen MR) is 71.6 cm³/mol. The average molecular weight is 248 g/mol. The van der Waals surface area contributed by atoms with Gasteiger partial charge >= 0.3 is 0 Å². The van der Waals surface area contributed by atoms with E-state index in [1.54, 1.807) is 13.2 Å². The van der Waals surface area contributed by atoms with Crippen LogP contribution in [0.5, 0.6) is 0 Å². The Balaban J connectivity index is 2.21. The van der Waals surface area contributed by atoms with Crippen LogP contribution < -0.4 is 16.0 Å². The largest absolute Gasteiger partial charge is 0.368 e. The molecule has 98 valence electrons. The molecule has 1 amide bonds. The van der Waals surface area contributed by atoms with Gasteiger partial charge in [-0.1, -0.05) is 0 Å². The summed E-state index contributed by atoms with van der Waals surface area (Å²) >= 11 is 0. The predicted octanol–water partition coefficient (Wildman–Crippen LogP) is 0.615. The van der Waals surface area contributed by atoms with Crippen LogP contribution >= 0.6 is 0 Å². The minimum Gasteiger partial charge on any atom is -0.368 e. The minimum absolute atomic E-state index is 0.154. The quantitative estimate of drug-likeness (QED) is 0.822. The molecule has 5 heteroatoms. The zero-order chi connectivity index (χ0) is 13.1. The van der Waals surface area contributed by atoms with Crippen LogP contribution in [0, 0.1) is 5.92 Å². The lowest BCUT2D eigenvalue weighted by Crippen LogP contribution is -2.28. The molecule has 2 heterocycles. The third-order valence-corrected chi connectivity index (χ3v) is 3.53. The number of carbonyl (C=O) groups is 1. The van der Waals surface area contributed by atoms with E-state index in [0.29, 0.717) is 24.2 Å². The fourth-order valence-electron chi connectivity index (χ4n) is 2.52. The summed E-state index contributed by atoms with van der Waals surface area (Å²) in [6.45, 7) is 3.86. The second-order valence-electron chi connectivity index (χ2n) is 4.82. The Kier molecular flexibility index (Phi) is 3.81. The number of anilines is 1. The van der Waals surface area contributed by atoms with Crippen molar-refractivity contribution in [1.29, 1.82) is 0 Å².